The Bertz CT molecular complexity index is 610. The van der Waals surface area contributed by atoms with Crippen LogP contribution in [0.3, 0.4) is 0 Å². The molecular weight excluding hydrogens is 248 g/mol. The van der Waals surface area contributed by atoms with Crippen LogP contribution in [0.1, 0.15) is 37.6 Å². The van der Waals surface area contributed by atoms with Gasteiger partial charge in [-0.15, -0.1) is 0 Å². The van der Waals surface area contributed by atoms with Crippen molar-refractivity contribution in [3.05, 3.63) is 41.1 Å². The molecule has 0 aliphatic heterocycles. The van der Waals surface area contributed by atoms with Crippen LogP contribution >= 0.6 is 0 Å². The van der Waals surface area contributed by atoms with E-state index in [-0.39, 0.29) is 5.41 Å². The minimum Gasteiger partial charge on any atom is -0.308 e. The molecule has 0 spiro atoms. The molecule has 0 saturated carbocycles. The van der Waals surface area contributed by atoms with Gasteiger partial charge in [-0.1, -0.05) is 45.0 Å². The van der Waals surface area contributed by atoms with Gasteiger partial charge in [-0.2, -0.15) is 0 Å². The normalized spacial score (nSPS) is 11.5. The Morgan fingerprint density at radius 2 is 1.60 bits per heavy atom. The maximum atomic E-state index is 5.51. The van der Waals surface area contributed by atoms with Crippen LogP contribution in [0, 0.1) is 13.8 Å². The van der Waals surface area contributed by atoms with E-state index in [9.17, 15) is 0 Å². The van der Waals surface area contributed by atoms with Gasteiger partial charge in [0.2, 0.25) is 0 Å². The number of benzene rings is 1. The van der Waals surface area contributed by atoms with Gasteiger partial charge in [0, 0.05) is 16.8 Å². The van der Waals surface area contributed by atoms with Crippen LogP contribution in [0.25, 0.3) is 11.4 Å². The number of hydrogen-bond acceptors (Lipinski definition) is 4. The van der Waals surface area contributed by atoms with E-state index >= 15 is 0 Å². The van der Waals surface area contributed by atoms with Gasteiger partial charge in [0.05, 0.1) is 0 Å². The maximum absolute atomic E-state index is 5.51. The molecule has 20 heavy (non-hydrogen) atoms. The topological polar surface area (TPSA) is 63.8 Å². The standard InChI is InChI=1S/C16H22N4/c1-10-11(2)18-15(19-14(10)20-17)12-6-8-13(9-7-12)16(3,4)5/h6-9H,17H2,1-5H3,(H,18,19,20). The van der Waals surface area contributed by atoms with Crippen LogP contribution in [0.5, 0.6) is 0 Å². The number of hydrogen-bond donors (Lipinski definition) is 2. The fourth-order valence-corrected chi connectivity index (χ4v) is 2.02. The highest BCUT2D eigenvalue weighted by Gasteiger charge is 2.14. The summed E-state index contributed by atoms with van der Waals surface area (Å²) >= 11 is 0. The van der Waals surface area contributed by atoms with Crippen molar-refractivity contribution in [3.8, 4) is 11.4 Å². The molecule has 1 heterocycles. The first kappa shape index (κ1) is 14.5. The van der Waals surface area contributed by atoms with Crippen molar-refractivity contribution in [2.45, 2.75) is 40.0 Å². The number of hydrazine groups is 1. The highest BCUT2D eigenvalue weighted by atomic mass is 15.3. The molecule has 2 rings (SSSR count). The van der Waals surface area contributed by atoms with Crippen molar-refractivity contribution in [1.29, 1.82) is 0 Å². The molecule has 0 radical (unpaired) electrons. The van der Waals surface area contributed by atoms with E-state index in [1.807, 2.05) is 13.8 Å². The Hall–Kier alpha value is -1.94. The van der Waals surface area contributed by atoms with E-state index in [1.165, 1.54) is 5.56 Å². The van der Waals surface area contributed by atoms with E-state index in [0.717, 1.165) is 16.8 Å². The first-order valence-electron chi connectivity index (χ1n) is 6.75. The Kier molecular flexibility index (Phi) is 3.77. The quantitative estimate of drug-likeness (QED) is 0.649. The number of nitrogen functional groups attached to an aromatic ring is 1. The van der Waals surface area contributed by atoms with Crippen LogP contribution in [0.4, 0.5) is 5.82 Å². The molecule has 3 N–H and O–H groups in total. The summed E-state index contributed by atoms with van der Waals surface area (Å²) in [5, 5.41) is 0. The monoisotopic (exact) mass is 270 g/mol. The molecule has 1 aromatic carbocycles. The molecule has 106 valence electrons. The minimum absolute atomic E-state index is 0.145. The summed E-state index contributed by atoms with van der Waals surface area (Å²) in [6.45, 7) is 10.5. The van der Waals surface area contributed by atoms with Crippen molar-refractivity contribution in [1.82, 2.24) is 9.97 Å². The number of anilines is 1. The molecule has 0 unspecified atom stereocenters. The van der Waals surface area contributed by atoms with Gasteiger partial charge < -0.3 is 5.43 Å². The highest BCUT2D eigenvalue weighted by molar-refractivity contribution is 5.60. The zero-order valence-electron chi connectivity index (χ0n) is 12.8. The number of aryl methyl sites for hydroxylation is 1. The predicted molar refractivity (Wildman–Crippen MR) is 83.5 cm³/mol. The van der Waals surface area contributed by atoms with Gasteiger partial charge in [-0.25, -0.2) is 15.8 Å². The second kappa shape index (κ2) is 5.21. The van der Waals surface area contributed by atoms with Crippen molar-refractivity contribution in [2.24, 2.45) is 5.84 Å². The Labute approximate surface area is 120 Å². The van der Waals surface area contributed by atoms with Crippen molar-refractivity contribution < 1.29 is 0 Å². The predicted octanol–water partition coefficient (Wildman–Crippen LogP) is 3.34. The van der Waals surface area contributed by atoms with Gasteiger partial charge in [-0.05, 0) is 24.8 Å². The van der Waals surface area contributed by atoms with Crippen LogP contribution in [-0.4, -0.2) is 9.97 Å². The summed E-state index contributed by atoms with van der Waals surface area (Å²) < 4.78 is 0. The summed E-state index contributed by atoms with van der Waals surface area (Å²) in [6.07, 6.45) is 0. The lowest BCUT2D eigenvalue weighted by atomic mass is 9.86. The van der Waals surface area contributed by atoms with E-state index in [0.29, 0.717) is 11.6 Å². The summed E-state index contributed by atoms with van der Waals surface area (Å²) in [6, 6.07) is 8.38. The third-order valence-electron chi connectivity index (χ3n) is 3.54. The molecule has 0 aliphatic carbocycles. The highest BCUT2D eigenvalue weighted by Crippen LogP contribution is 2.26. The molecular formula is C16H22N4. The molecule has 2 aromatic rings. The van der Waals surface area contributed by atoms with Crippen LogP contribution in [0.15, 0.2) is 24.3 Å². The third kappa shape index (κ3) is 2.80. The maximum Gasteiger partial charge on any atom is 0.161 e. The first-order chi connectivity index (χ1) is 9.32. The molecule has 0 atom stereocenters. The number of rotatable bonds is 2. The van der Waals surface area contributed by atoms with Gasteiger partial charge in [-0.3, -0.25) is 0 Å². The Morgan fingerprint density at radius 1 is 1.00 bits per heavy atom. The number of nitrogens with zero attached hydrogens (tertiary/aromatic N) is 2. The Morgan fingerprint density at radius 3 is 2.10 bits per heavy atom. The average Bonchev–Trinajstić information content (AvgIpc) is 2.41. The molecule has 0 fully saturated rings. The van der Waals surface area contributed by atoms with Crippen molar-refractivity contribution >= 4 is 5.82 Å². The SMILES string of the molecule is Cc1nc(-c2ccc(C(C)(C)C)cc2)nc(NN)c1C. The smallest absolute Gasteiger partial charge is 0.161 e. The van der Waals surface area contributed by atoms with Gasteiger partial charge in [0.25, 0.3) is 0 Å². The van der Waals surface area contributed by atoms with E-state index in [4.69, 9.17) is 5.84 Å². The second-order valence-electron chi connectivity index (χ2n) is 6.08. The lowest BCUT2D eigenvalue weighted by Gasteiger charge is -2.19. The van der Waals surface area contributed by atoms with Crippen LogP contribution in [0.2, 0.25) is 0 Å². The van der Waals surface area contributed by atoms with E-state index < -0.39 is 0 Å². The molecule has 0 bridgehead atoms. The molecule has 4 heteroatoms. The lowest BCUT2D eigenvalue weighted by molar-refractivity contribution is 0.590. The lowest BCUT2D eigenvalue weighted by Crippen LogP contribution is -2.12. The zero-order chi connectivity index (χ0) is 14.9. The summed E-state index contributed by atoms with van der Waals surface area (Å²) in [5.41, 5.74) is 6.98. The van der Waals surface area contributed by atoms with Crippen molar-refractivity contribution in [3.63, 3.8) is 0 Å². The zero-order valence-corrected chi connectivity index (χ0v) is 12.8. The second-order valence-corrected chi connectivity index (χ2v) is 6.08. The molecule has 0 aliphatic rings. The Balaban J connectivity index is 2.44. The third-order valence-corrected chi connectivity index (χ3v) is 3.54. The molecule has 1 aromatic heterocycles. The van der Waals surface area contributed by atoms with Crippen LogP contribution < -0.4 is 11.3 Å². The number of nitrogens with one attached hydrogen (secondary N) is 1. The van der Waals surface area contributed by atoms with E-state index in [1.54, 1.807) is 0 Å². The fourth-order valence-electron chi connectivity index (χ4n) is 2.02. The van der Waals surface area contributed by atoms with Crippen molar-refractivity contribution in [2.75, 3.05) is 5.43 Å². The van der Waals surface area contributed by atoms with Gasteiger partial charge in [0.15, 0.2) is 5.82 Å². The minimum atomic E-state index is 0.145. The number of aromatic nitrogens is 2. The largest absolute Gasteiger partial charge is 0.308 e. The summed E-state index contributed by atoms with van der Waals surface area (Å²) in [5.74, 6) is 6.88. The van der Waals surface area contributed by atoms with Gasteiger partial charge in [0.1, 0.15) is 5.82 Å². The van der Waals surface area contributed by atoms with Gasteiger partial charge >= 0.3 is 0 Å². The first-order valence-corrected chi connectivity index (χ1v) is 6.75. The number of nitrogens with two attached hydrogens (primary N) is 1. The molecule has 0 amide bonds. The summed E-state index contributed by atoms with van der Waals surface area (Å²) in [7, 11) is 0. The summed E-state index contributed by atoms with van der Waals surface area (Å²) in [4.78, 5) is 9.00. The fraction of sp³-hybridized carbons (Fsp3) is 0.375. The molecule has 4 nitrogen and oxygen atoms in total. The van der Waals surface area contributed by atoms with Crippen LogP contribution in [-0.2, 0) is 5.41 Å². The average molecular weight is 270 g/mol. The van der Waals surface area contributed by atoms with E-state index in [2.05, 4.69) is 60.4 Å². The molecule has 0 saturated heterocycles.